The summed E-state index contributed by atoms with van der Waals surface area (Å²) in [5.74, 6) is 2.00. The molecule has 0 unspecified atom stereocenters. The van der Waals surface area contributed by atoms with Crippen LogP contribution in [-0.2, 0) is 21.2 Å². The Labute approximate surface area is 272 Å². The number of piperidine rings is 1. The van der Waals surface area contributed by atoms with E-state index in [1.165, 1.54) is 80.8 Å². The minimum atomic E-state index is -3.23. The topological polar surface area (TPSA) is 98.8 Å². The van der Waals surface area contributed by atoms with Crippen LogP contribution in [0.3, 0.4) is 0 Å². The number of urea groups is 1. The van der Waals surface area contributed by atoms with Crippen LogP contribution in [0.5, 0.6) is 0 Å². The normalized spacial score (nSPS) is 20.1. The largest absolute Gasteiger partial charge is 0.332 e. The lowest BCUT2D eigenvalue weighted by molar-refractivity contribution is -0.109. The summed E-state index contributed by atoms with van der Waals surface area (Å²) in [6, 6.07) is 16.5. The van der Waals surface area contributed by atoms with Crippen molar-refractivity contribution >= 4 is 22.2 Å². The number of aldehydes is 1. The molecule has 9 heteroatoms. The maximum absolute atomic E-state index is 12.5. The highest BCUT2D eigenvalue weighted by molar-refractivity contribution is 7.90. The highest BCUT2D eigenvalue weighted by Crippen LogP contribution is 2.26. The van der Waals surface area contributed by atoms with Crippen LogP contribution >= 0.6 is 0 Å². The standard InChI is InChI=1S/C17H25N3O4S.C12H23N.C7H8/c1-20(13-14-3-5-15(6-4-14)25(2,23)24)16(22)19-17(9-12-21)7-10-18-11-8-17;1-11-7-8-13(9-11)10-12-5-3-2-4-6-12;1-7-5-3-2-4-6-7/h3-6,12,18H,7-11,13H2,1-2H3,(H,19,22);11-12H,2-10H2,1H3;2-6H,1H3/t;11-;/m.1./s1. The minimum absolute atomic E-state index is 0.240. The number of likely N-dealkylation sites (tertiary alicyclic amines) is 1. The zero-order valence-corrected chi connectivity index (χ0v) is 28.8. The molecule has 2 saturated heterocycles. The van der Waals surface area contributed by atoms with Gasteiger partial charge < -0.3 is 25.2 Å². The molecule has 1 saturated carbocycles. The van der Waals surface area contributed by atoms with Gasteiger partial charge in [0.25, 0.3) is 0 Å². The number of carbonyl (C=O) groups is 2. The van der Waals surface area contributed by atoms with Gasteiger partial charge in [-0.2, -0.15) is 0 Å². The van der Waals surface area contributed by atoms with Gasteiger partial charge in [-0.3, -0.25) is 0 Å². The monoisotopic (exact) mass is 640 g/mol. The first-order chi connectivity index (χ1) is 21.5. The first-order valence-electron chi connectivity index (χ1n) is 16.7. The number of hydrogen-bond donors (Lipinski definition) is 2. The van der Waals surface area contributed by atoms with Crippen molar-refractivity contribution in [1.29, 1.82) is 0 Å². The van der Waals surface area contributed by atoms with E-state index >= 15 is 0 Å². The van der Waals surface area contributed by atoms with Gasteiger partial charge in [-0.25, -0.2) is 13.2 Å². The SMILES string of the molecule is CN(Cc1ccc(S(C)(=O)=O)cc1)C(=O)NC1(CC=O)CCNCC1.C[C@@H]1CCN(CC2CCCCC2)C1.Cc1ccccc1. The lowest BCUT2D eigenvalue weighted by Gasteiger charge is -2.38. The summed E-state index contributed by atoms with van der Waals surface area (Å²) in [6.45, 7) is 10.5. The Balaban J connectivity index is 0.000000226. The molecule has 0 spiro atoms. The van der Waals surface area contributed by atoms with Crippen molar-refractivity contribution in [3.8, 4) is 0 Å². The van der Waals surface area contributed by atoms with Gasteiger partial charge in [-0.05, 0) is 88.2 Å². The average molecular weight is 641 g/mol. The molecular weight excluding hydrogens is 584 g/mol. The van der Waals surface area contributed by atoms with E-state index in [0.717, 1.165) is 43.0 Å². The fraction of sp³-hybridized carbons (Fsp3) is 0.611. The smallest absolute Gasteiger partial charge is 0.317 e. The summed E-state index contributed by atoms with van der Waals surface area (Å²) in [4.78, 5) is 28.0. The number of aryl methyl sites for hydroxylation is 1. The average Bonchev–Trinajstić information content (AvgIpc) is 3.43. The van der Waals surface area contributed by atoms with E-state index in [1.54, 1.807) is 19.2 Å². The van der Waals surface area contributed by atoms with E-state index in [1.807, 2.05) is 18.2 Å². The van der Waals surface area contributed by atoms with Crippen molar-refractivity contribution in [3.05, 3.63) is 65.7 Å². The predicted molar refractivity (Wildman–Crippen MR) is 183 cm³/mol. The molecular formula is C36H56N4O4S. The minimum Gasteiger partial charge on any atom is -0.332 e. The first-order valence-corrected chi connectivity index (χ1v) is 18.6. The molecule has 3 fully saturated rings. The molecule has 2 aliphatic heterocycles. The van der Waals surface area contributed by atoms with Crippen molar-refractivity contribution in [1.82, 2.24) is 20.4 Å². The molecule has 2 aromatic carbocycles. The zero-order chi connectivity index (χ0) is 32.7. The fourth-order valence-corrected chi connectivity index (χ4v) is 7.05. The number of nitrogens with one attached hydrogen (secondary N) is 2. The molecule has 2 aromatic rings. The number of sulfone groups is 1. The molecule has 45 heavy (non-hydrogen) atoms. The van der Waals surface area contributed by atoms with Gasteiger partial charge >= 0.3 is 6.03 Å². The van der Waals surface area contributed by atoms with E-state index in [2.05, 4.69) is 41.5 Å². The lowest BCUT2D eigenvalue weighted by atomic mass is 9.85. The molecule has 5 rings (SSSR count). The van der Waals surface area contributed by atoms with Gasteiger partial charge in [0.15, 0.2) is 9.84 Å². The summed E-state index contributed by atoms with van der Waals surface area (Å²) in [5.41, 5.74) is 1.67. The Morgan fingerprint density at radius 2 is 1.67 bits per heavy atom. The highest BCUT2D eigenvalue weighted by atomic mass is 32.2. The molecule has 0 aromatic heterocycles. The zero-order valence-electron chi connectivity index (χ0n) is 28.0. The Hall–Kier alpha value is -2.75. The van der Waals surface area contributed by atoms with Crippen LogP contribution in [0.1, 0.15) is 75.8 Å². The summed E-state index contributed by atoms with van der Waals surface area (Å²) < 4.78 is 23.0. The van der Waals surface area contributed by atoms with E-state index in [-0.39, 0.29) is 10.9 Å². The number of carbonyl (C=O) groups excluding carboxylic acids is 2. The third-order valence-corrected chi connectivity index (χ3v) is 10.3. The molecule has 8 nitrogen and oxygen atoms in total. The fourth-order valence-electron chi connectivity index (χ4n) is 6.42. The van der Waals surface area contributed by atoms with Crippen LogP contribution in [0.4, 0.5) is 4.79 Å². The summed E-state index contributed by atoms with van der Waals surface area (Å²) >= 11 is 0. The van der Waals surface area contributed by atoms with Gasteiger partial charge in [0.2, 0.25) is 0 Å². The molecule has 2 amide bonds. The predicted octanol–water partition coefficient (Wildman–Crippen LogP) is 5.85. The molecule has 1 atom stereocenters. The molecule has 250 valence electrons. The van der Waals surface area contributed by atoms with Crippen molar-refractivity contribution in [3.63, 3.8) is 0 Å². The summed E-state index contributed by atoms with van der Waals surface area (Å²) in [6.07, 6.45) is 12.7. The van der Waals surface area contributed by atoms with E-state index < -0.39 is 15.4 Å². The van der Waals surface area contributed by atoms with E-state index in [9.17, 15) is 18.0 Å². The molecule has 2 heterocycles. The quantitative estimate of drug-likeness (QED) is 0.352. The van der Waals surface area contributed by atoms with Crippen molar-refractivity contribution in [2.75, 3.05) is 46.0 Å². The number of benzene rings is 2. The van der Waals surface area contributed by atoms with Gasteiger partial charge in [0.1, 0.15) is 6.29 Å². The first kappa shape index (κ1) is 36.7. The third kappa shape index (κ3) is 13.3. The van der Waals surface area contributed by atoms with Crippen LogP contribution in [0, 0.1) is 18.8 Å². The van der Waals surface area contributed by atoms with Crippen LogP contribution in [-0.4, -0.2) is 82.1 Å². The molecule has 0 bridgehead atoms. The van der Waals surface area contributed by atoms with Crippen LogP contribution in [0.2, 0.25) is 0 Å². The summed E-state index contributed by atoms with van der Waals surface area (Å²) in [5, 5.41) is 6.24. The number of rotatable bonds is 8. The molecule has 3 aliphatic rings. The number of amides is 2. The van der Waals surface area contributed by atoms with Gasteiger partial charge in [0.05, 0.1) is 10.4 Å². The van der Waals surface area contributed by atoms with Crippen molar-refractivity contribution in [2.45, 2.75) is 88.6 Å². The Morgan fingerprint density at radius 3 is 2.18 bits per heavy atom. The molecule has 2 N–H and O–H groups in total. The second kappa shape index (κ2) is 18.4. The number of nitrogens with zero attached hydrogens (tertiary/aromatic N) is 2. The highest BCUT2D eigenvalue weighted by Gasteiger charge is 2.34. The van der Waals surface area contributed by atoms with Crippen LogP contribution in [0.25, 0.3) is 0 Å². The van der Waals surface area contributed by atoms with Gasteiger partial charge in [-0.1, -0.05) is 74.2 Å². The second-order valence-electron chi connectivity index (χ2n) is 13.4. The Kier molecular flexibility index (Phi) is 15.0. The van der Waals surface area contributed by atoms with E-state index in [0.29, 0.717) is 25.8 Å². The lowest BCUT2D eigenvalue weighted by Crippen LogP contribution is -2.57. The third-order valence-electron chi connectivity index (χ3n) is 9.21. The van der Waals surface area contributed by atoms with Crippen molar-refractivity contribution < 1.29 is 18.0 Å². The van der Waals surface area contributed by atoms with Crippen molar-refractivity contribution in [2.24, 2.45) is 11.8 Å². The van der Waals surface area contributed by atoms with Crippen LogP contribution in [0.15, 0.2) is 59.5 Å². The molecule has 1 aliphatic carbocycles. The number of hydrogen-bond acceptors (Lipinski definition) is 6. The van der Waals surface area contributed by atoms with Gasteiger partial charge in [0, 0.05) is 39.4 Å². The Morgan fingerprint density at radius 1 is 1.02 bits per heavy atom. The maximum atomic E-state index is 12.5. The molecule has 0 radical (unpaired) electrons. The second-order valence-corrected chi connectivity index (χ2v) is 15.4. The van der Waals surface area contributed by atoms with E-state index in [4.69, 9.17) is 0 Å². The maximum Gasteiger partial charge on any atom is 0.317 e. The Bertz CT molecular complexity index is 1250. The van der Waals surface area contributed by atoms with Gasteiger partial charge in [-0.15, -0.1) is 0 Å². The van der Waals surface area contributed by atoms with Crippen LogP contribution < -0.4 is 10.6 Å². The summed E-state index contributed by atoms with van der Waals surface area (Å²) in [7, 11) is -1.55.